The lowest BCUT2D eigenvalue weighted by Crippen LogP contribution is -2.12. The molecular weight excluding hydrogens is 288 g/mol. The van der Waals surface area contributed by atoms with Crippen molar-refractivity contribution >= 4 is 16.3 Å². The van der Waals surface area contributed by atoms with Crippen LogP contribution in [0.15, 0.2) is 18.2 Å². The fourth-order valence-electron chi connectivity index (χ4n) is 2.49. The van der Waals surface area contributed by atoms with Crippen LogP contribution in [0.25, 0.3) is 15.5 Å². The minimum Gasteiger partial charge on any atom is -0.504 e. The minimum absolute atomic E-state index is 0.111. The predicted molar refractivity (Wildman–Crippen MR) is 78.9 cm³/mol. The highest BCUT2D eigenvalue weighted by atomic mass is 32.1. The second kappa shape index (κ2) is 4.70. The normalized spacial score (nSPS) is 15.3. The van der Waals surface area contributed by atoms with Gasteiger partial charge in [0, 0.05) is 11.5 Å². The van der Waals surface area contributed by atoms with Crippen molar-refractivity contribution in [2.24, 2.45) is 0 Å². The SMILES string of the molecule is COc1ccc(-c2nn3c(C4CCC4)nnc3s2)cc1O. The number of benzene rings is 1. The lowest BCUT2D eigenvalue weighted by Gasteiger charge is -2.22. The van der Waals surface area contributed by atoms with Gasteiger partial charge in [-0.15, -0.1) is 10.2 Å². The van der Waals surface area contributed by atoms with Crippen molar-refractivity contribution < 1.29 is 9.84 Å². The molecule has 1 aliphatic rings. The summed E-state index contributed by atoms with van der Waals surface area (Å²) in [4.78, 5) is 0.794. The fourth-order valence-corrected chi connectivity index (χ4v) is 3.34. The fraction of sp³-hybridized carbons (Fsp3) is 0.357. The van der Waals surface area contributed by atoms with E-state index < -0.39 is 0 Å². The molecule has 2 heterocycles. The Kier molecular flexibility index (Phi) is 2.81. The van der Waals surface area contributed by atoms with Crippen LogP contribution in [0.5, 0.6) is 11.5 Å². The number of methoxy groups -OCH3 is 1. The zero-order valence-electron chi connectivity index (χ0n) is 11.5. The second-order valence-electron chi connectivity index (χ2n) is 5.17. The van der Waals surface area contributed by atoms with Crippen molar-refractivity contribution in [2.45, 2.75) is 25.2 Å². The van der Waals surface area contributed by atoms with Gasteiger partial charge in [-0.3, -0.25) is 0 Å². The second-order valence-corrected chi connectivity index (χ2v) is 6.13. The molecule has 1 saturated carbocycles. The Morgan fingerprint density at radius 3 is 2.86 bits per heavy atom. The van der Waals surface area contributed by atoms with E-state index in [-0.39, 0.29) is 5.75 Å². The standard InChI is InChI=1S/C14H14N4O2S/c1-20-11-6-5-9(7-10(11)19)13-17-18-12(8-3-2-4-8)15-16-14(18)21-13/h5-8,19H,2-4H2,1H3. The first-order chi connectivity index (χ1) is 10.3. The summed E-state index contributed by atoms with van der Waals surface area (Å²) in [5, 5.41) is 23.8. The molecule has 1 aliphatic carbocycles. The average molecular weight is 302 g/mol. The summed E-state index contributed by atoms with van der Waals surface area (Å²) in [6.45, 7) is 0. The molecule has 7 heteroatoms. The van der Waals surface area contributed by atoms with Gasteiger partial charge in [0.1, 0.15) is 5.01 Å². The number of phenolic OH excluding ortho intramolecular Hbond substituents is 1. The Morgan fingerprint density at radius 1 is 1.33 bits per heavy atom. The summed E-state index contributed by atoms with van der Waals surface area (Å²) in [7, 11) is 1.53. The monoisotopic (exact) mass is 302 g/mol. The van der Waals surface area contributed by atoms with Crippen molar-refractivity contribution in [3.63, 3.8) is 0 Å². The van der Waals surface area contributed by atoms with Crippen LogP contribution in [-0.4, -0.2) is 32.0 Å². The van der Waals surface area contributed by atoms with E-state index in [1.54, 1.807) is 12.1 Å². The molecule has 0 aliphatic heterocycles. The molecule has 6 nitrogen and oxygen atoms in total. The van der Waals surface area contributed by atoms with E-state index in [0.717, 1.165) is 34.2 Å². The van der Waals surface area contributed by atoms with Crippen LogP contribution in [-0.2, 0) is 0 Å². The number of rotatable bonds is 3. The Bertz CT molecular complexity index is 807. The first-order valence-electron chi connectivity index (χ1n) is 6.86. The molecule has 21 heavy (non-hydrogen) atoms. The largest absolute Gasteiger partial charge is 0.504 e. The summed E-state index contributed by atoms with van der Waals surface area (Å²) in [5.74, 6) is 2.01. The van der Waals surface area contributed by atoms with Crippen molar-refractivity contribution in [3.8, 4) is 22.1 Å². The van der Waals surface area contributed by atoms with Crippen LogP contribution in [0.1, 0.15) is 31.0 Å². The molecule has 1 fully saturated rings. The maximum Gasteiger partial charge on any atom is 0.234 e. The smallest absolute Gasteiger partial charge is 0.234 e. The molecule has 4 rings (SSSR count). The summed E-state index contributed by atoms with van der Waals surface area (Å²) < 4.78 is 6.90. The van der Waals surface area contributed by atoms with Crippen LogP contribution < -0.4 is 4.74 Å². The van der Waals surface area contributed by atoms with E-state index in [4.69, 9.17) is 4.74 Å². The molecule has 3 aromatic rings. The van der Waals surface area contributed by atoms with Crippen LogP contribution in [0, 0.1) is 0 Å². The third-order valence-electron chi connectivity index (χ3n) is 3.91. The number of fused-ring (bicyclic) bond motifs is 1. The molecular formula is C14H14N4O2S. The molecule has 108 valence electrons. The first kappa shape index (κ1) is 12.6. The zero-order chi connectivity index (χ0) is 14.4. The zero-order valence-corrected chi connectivity index (χ0v) is 12.3. The Hall–Kier alpha value is -2.15. The van der Waals surface area contributed by atoms with Gasteiger partial charge in [-0.1, -0.05) is 17.8 Å². The molecule has 1 aromatic carbocycles. The van der Waals surface area contributed by atoms with Gasteiger partial charge in [-0.2, -0.15) is 9.61 Å². The van der Waals surface area contributed by atoms with Crippen LogP contribution in [0.4, 0.5) is 0 Å². The van der Waals surface area contributed by atoms with Gasteiger partial charge in [0.05, 0.1) is 7.11 Å². The maximum absolute atomic E-state index is 9.89. The van der Waals surface area contributed by atoms with Crippen molar-refractivity contribution in [1.82, 2.24) is 19.8 Å². The quantitative estimate of drug-likeness (QED) is 0.805. The summed E-state index contributed by atoms with van der Waals surface area (Å²) in [5.41, 5.74) is 0.850. The maximum atomic E-state index is 9.89. The highest BCUT2D eigenvalue weighted by molar-refractivity contribution is 7.19. The Morgan fingerprint density at radius 2 is 2.19 bits per heavy atom. The van der Waals surface area contributed by atoms with E-state index in [1.165, 1.54) is 24.9 Å². The van der Waals surface area contributed by atoms with E-state index >= 15 is 0 Å². The van der Waals surface area contributed by atoms with Gasteiger partial charge in [0.15, 0.2) is 17.3 Å². The average Bonchev–Trinajstić information content (AvgIpc) is 2.99. The molecule has 0 amide bonds. The van der Waals surface area contributed by atoms with Crippen LogP contribution >= 0.6 is 11.3 Å². The van der Waals surface area contributed by atoms with Gasteiger partial charge in [-0.05, 0) is 31.0 Å². The Balaban J connectivity index is 1.76. The molecule has 0 spiro atoms. The Labute approximate surface area is 125 Å². The number of hydrogen-bond acceptors (Lipinski definition) is 6. The highest BCUT2D eigenvalue weighted by Crippen LogP contribution is 2.37. The molecule has 1 N–H and O–H groups in total. The third-order valence-corrected chi connectivity index (χ3v) is 4.86. The molecule has 0 bridgehead atoms. The first-order valence-corrected chi connectivity index (χ1v) is 7.67. The van der Waals surface area contributed by atoms with E-state index in [9.17, 15) is 5.11 Å². The number of phenols is 1. The summed E-state index contributed by atoms with van der Waals surface area (Å²) in [6.07, 6.45) is 3.58. The van der Waals surface area contributed by atoms with E-state index in [0.29, 0.717) is 11.7 Å². The number of hydrogen-bond donors (Lipinski definition) is 1. The van der Waals surface area contributed by atoms with E-state index in [1.807, 2.05) is 10.6 Å². The molecule has 2 aromatic heterocycles. The lowest BCUT2D eigenvalue weighted by atomic mass is 9.85. The number of ether oxygens (including phenoxy) is 1. The molecule has 0 radical (unpaired) electrons. The van der Waals surface area contributed by atoms with E-state index in [2.05, 4.69) is 15.3 Å². The minimum atomic E-state index is 0.111. The van der Waals surface area contributed by atoms with Gasteiger partial charge < -0.3 is 9.84 Å². The van der Waals surface area contributed by atoms with Crippen molar-refractivity contribution in [2.75, 3.05) is 7.11 Å². The van der Waals surface area contributed by atoms with Gasteiger partial charge in [0.25, 0.3) is 0 Å². The molecule has 0 saturated heterocycles. The lowest BCUT2D eigenvalue weighted by molar-refractivity contribution is 0.373. The topological polar surface area (TPSA) is 72.5 Å². The van der Waals surface area contributed by atoms with Gasteiger partial charge in [0.2, 0.25) is 4.96 Å². The molecule has 0 unspecified atom stereocenters. The predicted octanol–water partition coefficient (Wildman–Crippen LogP) is 2.83. The number of nitrogens with zero attached hydrogens (tertiary/aromatic N) is 4. The van der Waals surface area contributed by atoms with Crippen molar-refractivity contribution in [1.29, 1.82) is 0 Å². The highest BCUT2D eigenvalue weighted by Gasteiger charge is 2.26. The number of aromatic hydroxyl groups is 1. The van der Waals surface area contributed by atoms with Crippen LogP contribution in [0.3, 0.4) is 0 Å². The van der Waals surface area contributed by atoms with Crippen LogP contribution in [0.2, 0.25) is 0 Å². The van der Waals surface area contributed by atoms with Gasteiger partial charge >= 0.3 is 0 Å². The third kappa shape index (κ3) is 1.96. The van der Waals surface area contributed by atoms with Crippen molar-refractivity contribution in [3.05, 3.63) is 24.0 Å². The summed E-state index contributed by atoms with van der Waals surface area (Å²) >= 11 is 1.47. The summed E-state index contributed by atoms with van der Waals surface area (Å²) in [6, 6.07) is 5.28. The van der Waals surface area contributed by atoms with Gasteiger partial charge in [-0.25, -0.2) is 0 Å². The molecule has 0 atom stereocenters. The number of aromatic nitrogens is 4.